The third kappa shape index (κ3) is 65.4. The first-order chi connectivity index (χ1) is 44.1. The second-order valence-corrected chi connectivity index (χ2v) is 30.9. The molecule has 0 aliphatic rings. The Bertz CT molecular complexity index is 1820. The Labute approximate surface area is 562 Å². The van der Waals surface area contributed by atoms with E-state index in [1.165, 1.54) is 161 Å². The molecule has 0 fully saturated rings. The summed E-state index contributed by atoms with van der Waals surface area (Å²) in [6, 6.07) is 0. The second kappa shape index (κ2) is 62.6. The predicted octanol–water partition coefficient (Wildman–Crippen LogP) is 20.9. The molecule has 17 nitrogen and oxygen atoms in total. The molecule has 6 atom stereocenters. The third-order valence-corrected chi connectivity index (χ3v) is 19.1. The van der Waals surface area contributed by atoms with Crippen LogP contribution in [-0.4, -0.2) is 96.7 Å². The number of rotatable bonds is 70. The van der Waals surface area contributed by atoms with Gasteiger partial charge in [0, 0.05) is 25.7 Å². The van der Waals surface area contributed by atoms with Gasteiger partial charge in [-0.1, -0.05) is 312 Å². The van der Waals surface area contributed by atoms with Gasteiger partial charge in [-0.15, -0.1) is 0 Å². The van der Waals surface area contributed by atoms with E-state index in [0.717, 1.165) is 114 Å². The van der Waals surface area contributed by atoms with E-state index in [0.29, 0.717) is 31.6 Å². The average Bonchev–Trinajstić information content (AvgIpc) is 2.75. The van der Waals surface area contributed by atoms with Gasteiger partial charge >= 0.3 is 39.5 Å². The number of phosphoric acid groups is 2. The van der Waals surface area contributed by atoms with Gasteiger partial charge in [-0.05, 0) is 49.4 Å². The van der Waals surface area contributed by atoms with Crippen LogP contribution in [0.1, 0.15) is 364 Å². The normalized spacial score (nSPS) is 14.5. The van der Waals surface area contributed by atoms with Gasteiger partial charge in [-0.2, -0.15) is 0 Å². The topological polar surface area (TPSA) is 237 Å². The van der Waals surface area contributed by atoms with Gasteiger partial charge in [0.2, 0.25) is 0 Å². The molecular formula is C73H142O17P2. The van der Waals surface area contributed by atoms with Crippen molar-refractivity contribution in [3.05, 3.63) is 0 Å². The molecule has 3 N–H and O–H groups in total. The molecule has 92 heavy (non-hydrogen) atoms. The number of aliphatic hydroxyl groups is 1. The molecule has 0 aliphatic carbocycles. The lowest BCUT2D eigenvalue weighted by Crippen LogP contribution is -2.30. The van der Waals surface area contributed by atoms with Crippen LogP contribution in [0.25, 0.3) is 0 Å². The van der Waals surface area contributed by atoms with E-state index in [1.807, 2.05) is 0 Å². The van der Waals surface area contributed by atoms with Crippen molar-refractivity contribution in [3.63, 3.8) is 0 Å². The summed E-state index contributed by atoms with van der Waals surface area (Å²) in [6.07, 6.45) is 45.9. The molecule has 0 spiro atoms. The van der Waals surface area contributed by atoms with Gasteiger partial charge in [0.1, 0.15) is 19.3 Å². The van der Waals surface area contributed by atoms with Crippen molar-refractivity contribution >= 4 is 39.5 Å². The summed E-state index contributed by atoms with van der Waals surface area (Å²) in [4.78, 5) is 72.7. The smallest absolute Gasteiger partial charge is 0.462 e. The predicted molar refractivity (Wildman–Crippen MR) is 372 cm³/mol. The number of carbonyl (C=O) groups excluding carboxylic acids is 4. The highest BCUT2D eigenvalue weighted by Crippen LogP contribution is 2.45. The maximum absolute atomic E-state index is 13.1. The maximum atomic E-state index is 13.1. The Morgan fingerprint density at radius 1 is 0.304 bits per heavy atom. The molecule has 546 valence electrons. The first kappa shape index (κ1) is 90.1. The largest absolute Gasteiger partial charge is 0.472 e. The fraction of sp³-hybridized carbons (Fsp3) is 0.945. The van der Waals surface area contributed by atoms with Crippen molar-refractivity contribution in [1.29, 1.82) is 0 Å². The van der Waals surface area contributed by atoms with Crippen LogP contribution in [0.4, 0.5) is 0 Å². The zero-order valence-corrected chi connectivity index (χ0v) is 62.0. The minimum absolute atomic E-state index is 0.104. The van der Waals surface area contributed by atoms with Crippen LogP contribution < -0.4 is 0 Å². The molecule has 0 bridgehead atoms. The van der Waals surface area contributed by atoms with Crippen molar-refractivity contribution in [2.24, 2.45) is 23.7 Å². The van der Waals surface area contributed by atoms with Crippen molar-refractivity contribution in [2.45, 2.75) is 382 Å². The minimum Gasteiger partial charge on any atom is -0.462 e. The van der Waals surface area contributed by atoms with Crippen molar-refractivity contribution in [1.82, 2.24) is 0 Å². The third-order valence-electron chi connectivity index (χ3n) is 17.2. The molecule has 4 unspecified atom stereocenters. The van der Waals surface area contributed by atoms with E-state index < -0.39 is 97.5 Å². The molecule has 0 heterocycles. The summed E-state index contributed by atoms with van der Waals surface area (Å²) < 4.78 is 68.4. The summed E-state index contributed by atoms with van der Waals surface area (Å²) in [5.74, 6) is 0.895. The number of esters is 4. The number of hydrogen-bond donors (Lipinski definition) is 3. The molecular weight excluding hydrogens is 1210 g/mol. The van der Waals surface area contributed by atoms with E-state index in [4.69, 9.17) is 37.0 Å². The van der Waals surface area contributed by atoms with Crippen molar-refractivity contribution in [3.8, 4) is 0 Å². The van der Waals surface area contributed by atoms with E-state index in [9.17, 15) is 43.2 Å². The van der Waals surface area contributed by atoms with Gasteiger partial charge in [0.05, 0.1) is 26.4 Å². The van der Waals surface area contributed by atoms with Crippen molar-refractivity contribution in [2.75, 3.05) is 39.6 Å². The Morgan fingerprint density at radius 3 is 0.772 bits per heavy atom. The lowest BCUT2D eigenvalue weighted by Gasteiger charge is -2.21. The zero-order valence-electron chi connectivity index (χ0n) is 60.2. The number of phosphoric ester groups is 2. The van der Waals surface area contributed by atoms with E-state index in [-0.39, 0.29) is 25.7 Å². The molecule has 0 aromatic carbocycles. The lowest BCUT2D eigenvalue weighted by atomic mass is 9.99. The Morgan fingerprint density at radius 2 is 0.522 bits per heavy atom. The molecule has 19 heteroatoms. The van der Waals surface area contributed by atoms with Crippen LogP contribution in [0, 0.1) is 23.7 Å². The highest BCUT2D eigenvalue weighted by atomic mass is 31.2. The minimum atomic E-state index is -4.96. The molecule has 0 aromatic rings. The van der Waals surface area contributed by atoms with Gasteiger partial charge < -0.3 is 33.8 Å². The van der Waals surface area contributed by atoms with Gasteiger partial charge in [-0.3, -0.25) is 37.3 Å². The average molecular weight is 1350 g/mol. The zero-order chi connectivity index (χ0) is 68.2. The molecule has 0 aromatic heterocycles. The van der Waals surface area contributed by atoms with Gasteiger partial charge in [-0.25, -0.2) is 9.13 Å². The fourth-order valence-corrected chi connectivity index (χ4v) is 12.6. The van der Waals surface area contributed by atoms with Crippen LogP contribution in [0.5, 0.6) is 0 Å². The number of hydrogen-bond acceptors (Lipinski definition) is 15. The molecule has 0 amide bonds. The Balaban J connectivity index is 5.24. The van der Waals surface area contributed by atoms with Crippen LogP contribution in [0.2, 0.25) is 0 Å². The van der Waals surface area contributed by atoms with Crippen LogP contribution in [-0.2, 0) is 65.4 Å². The molecule has 0 saturated heterocycles. The van der Waals surface area contributed by atoms with E-state index in [1.54, 1.807) is 0 Å². The van der Waals surface area contributed by atoms with Crippen LogP contribution in [0.15, 0.2) is 0 Å². The molecule has 0 saturated carbocycles. The van der Waals surface area contributed by atoms with Crippen LogP contribution in [0.3, 0.4) is 0 Å². The summed E-state index contributed by atoms with van der Waals surface area (Å²) in [6.45, 7) is 14.1. The number of aliphatic hydroxyl groups excluding tert-OH is 1. The first-order valence-corrected chi connectivity index (χ1v) is 40.7. The first-order valence-electron chi connectivity index (χ1n) is 37.7. The molecule has 0 radical (unpaired) electrons. The van der Waals surface area contributed by atoms with Crippen molar-refractivity contribution < 1.29 is 80.2 Å². The highest BCUT2D eigenvalue weighted by Gasteiger charge is 2.30. The lowest BCUT2D eigenvalue weighted by molar-refractivity contribution is -0.161. The fourth-order valence-electron chi connectivity index (χ4n) is 11.0. The number of ether oxygens (including phenoxy) is 4. The SMILES string of the molecule is CCC(C)CCCCCCCCCCC(=O)OC[C@H](COP(=O)(O)OCC(O)COP(=O)(O)OC[C@@H](COC(=O)CCCCCCCCCC(C)C)OC(=O)CCCCCCCCCCCC(C)C)OC(=O)CCCCCCCCCCCCCCCCCC(C)C. The van der Waals surface area contributed by atoms with Crippen LogP contribution >= 0.6 is 15.6 Å². The van der Waals surface area contributed by atoms with Gasteiger partial charge in [0.25, 0.3) is 0 Å². The quantitative estimate of drug-likeness (QED) is 0.0222. The van der Waals surface area contributed by atoms with E-state index >= 15 is 0 Å². The monoisotopic (exact) mass is 1350 g/mol. The number of carbonyl (C=O) groups is 4. The summed E-state index contributed by atoms with van der Waals surface area (Å²) in [5.41, 5.74) is 0. The summed E-state index contributed by atoms with van der Waals surface area (Å²) >= 11 is 0. The Hall–Kier alpha value is -1.94. The molecule has 0 aliphatic heterocycles. The number of unbranched alkanes of at least 4 members (excludes halogenated alkanes) is 35. The Kier molecular flexibility index (Phi) is 61.3. The van der Waals surface area contributed by atoms with E-state index in [2.05, 4.69) is 55.4 Å². The molecule has 0 rings (SSSR count). The standard InChI is InChI=1S/C73H142O17P2/c1-9-66(8)52-44-36-28-22-23-29-37-45-53-70(75)83-59-68(89-72(77)55-47-39-30-20-16-14-12-10-11-13-15-18-25-33-41-49-63(2)3)61-87-91(79,80)85-57-67(74)58-86-92(81,82)88-62-69(60-84-71(76)54-46-38-32-24-27-35-43-51-65(6)7)90-73(78)56-48-40-31-21-17-19-26-34-42-50-64(4)5/h63-69,74H,9-62H2,1-8H3,(H,79,80)(H,81,82)/t66?,67?,68-,69-/m1/s1. The van der Waals surface area contributed by atoms with Gasteiger partial charge in [0.15, 0.2) is 12.2 Å². The summed E-state index contributed by atoms with van der Waals surface area (Å²) in [5, 5.41) is 10.6. The maximum Gasteiger partial charge on any atom is 0.472 e. The summed E-state index contributed by atoms with van der Waals surface area (Å²) in [7, 11) is -9.91. The highest BCUT2D eigenvalue weighted by molar-refractivity contribution is 7.47. The second-order valence-electron chi connectivity index (χ2n) is 28.0.